The number of rotatable bonds is 4. The van der Waals surface area contributed by atoms with Gasteiger partial charge < -0.3 is 9.47 Å². The number of fused-ring (bicyclic) bond motifs is 2. The lowest BCUT2D eigenvalue weighted by atomic mass is 10.1. The Morgan fingerprint density at radius 3 is 2.66 bits per heavy atom. The summed E-state index contributed by atoms with van der Waals surface area (Å²) < 4.78 is 49.2. The third-order valence-electron chi connectivity index (χ3n) is 4.92. The van der Waals surface area contributed by atoms with E-state index in [1.165, 1.54) is 6.20 Å². The summed E-state index contributed by atoms with van der Waals surface area (Å²) in [6.07, 6.45) is -2.82. The fraction of sp³-hybridized carbons (Fsp3) is 0.350. The molecule has 0 radical (unpaired) electrons. The average Bonchev–Trinajstić information content (AvgIpc) is 2.71. The van der Waals surface area contributed by atoms with Crippen LogP contribution in [0.5, 0.6) is 11.6 Å². The lowest BCUT2D eigenvalue weighted by Crippen LogP contribution is -2.31. The van der Waals surface area contributed by atoms with E-state index in [2.05, 4.69) is 19.9 Å². The number of methoxy groups -OCH3 is 2. The molecular weight excluding hydrogens is 385 g/mol. The first-order valence-electron chi connectivity index (χ1n) is 9.03. The first kappa shape index (κ1) is 19.4. The van der Waals surface area contributed by atoms with Crippen molar-refractivity contribution in [1.82, 2.24) is 19.9 Å². The second-order valence-electron chi connectivity index (χ2n) is 6.84. The second-order valence-corrected chi connectivity index (χ2v) is 6.84. The quantitative estimate of drug-likeness (QED) is 0.662. The highest BCUT2D eigenvalue weighted by molar-refractivity contribution is 5.81. The van der Waals surface area contributed by atoms with Gasteiger partial charge in [0.1, 0.15) is 5.75 Å². The lowest BCUT2D eigenvalue weighted by Gasteiger charge is -2.28. The molecule has 152 valence electrons. The van der Waals surface area contributed by atoms with E-state index in [9.17, 15) is 13.2 Å². The zero-order valence-corrected chi connectivity index (χ0v) is 16.0. The van der Waals surface area contributed by atoms with E-state index in [1.54, 1.807) is 14.2 Å². The molecule has 0 atom stereocenters. The van der Waals surface area contributed by atoms with E-state index in [1.807, 2.05) is 24.3 Å². The van der Waals surface area contributed by atoms with Gasteiger partial charge in [-0.15, -0.1) is 0 Å². The van der Waals surface area contributed by atoms with Gasteiger partial charge in [-0.25, -0.2) is 15.0 Å². The van der Waals surface area contributed by atoms with Gasteiger partial charge in [-0.1, -0.05) is 0 Å². The summed E-state index contributed by atoms with van der Waals surface area (Å²) in [7, 11) is 3.16. The van der Waals surface area contributed by atoms with Crippen molar-refractivity contribution in [2.75, 3.05) is 20.8 Å². The van der Waals surface area contributed by atoms with Crippen LogP contribution >= 0.6 is 0 Å². The van der Waals surface area contributed by atoms with Crippen LogP contribution in [0, 0.1) is 0 Å². The van der Waals surface area contributed by atoms with Gasteiger partial charge in [-0.3, -0.25) is 4.90 Å². The fourth-order valence-electron chi connectivity index (χ4n) is 3.48. The Morgan fingerprint density at radius 1 is 1.10 bits per heavy atom. The molecule has 0 fully saturated rings. The van der Waals surface area contributed by atoms with Crippen LogP contribution in [0.4, 0.5) is 13.2 Å². The van der Waals surface area contributed by atoms with E-state index in [-0.39, 0.29) is 0 Å². The van der Waals surface area contributed by atoms with E-state index >= 15 is 0 Å². The van der Waals surface area contributed by atoms with Crippen molar-refractivity contribution in [1.29, 1.82) is 0 Å². The summed E-state index contributed by atoms with van der Waals surface area (Å²) in [4.78, 5) is 13.9. The second kappa shape index (κ2) is 7.47. The normalized spacial score (nSPS) is 14.7. The summed E-state index contributed by atoms with van der Waals surface area (Å²) >= 11 is 0. The van der Waals surface area contributed by atoms with E-state index < -0.39 is 12.0 Å². The van der Waals surface area contributed by atoms with Crippen LogP contribution in [0.15, 0.2) is 30.5 Å². The molecule has 9 heteroatoms. The van der Waals surface area contributed by atoms with Gasteiger partial charge in [0.05, 0.1) is 25.4 Å². The van der Waals surface area contributed by atoms with E-state index in [0.29, 0.717) is 48.9 Å². The topological polar surface area (TPSA) is 60.4 Å². The minimum absolute atomic E-state index is 0.432. The van der Waals surface area contributed by atoms with Gasteiger partial charge >= 0.3 is 6.18 Å². The van der Waals surface area contributed by atoms with Crippen molar-refractivity contribution in [3.63, 3.8) is 0 Å². The van der Waals surface area contributed by atoms with Crippen LogP contribution in [-0.4, -0.2) is 40.6 Å². The van der Waals surface area contributed by atoms with E-state index in [0.717, 1.165) is 16.5 Å². The van der Waals surface area contributed by atoms with Crippen molar-refractivity contribution in [2.45, 2.75) is 25.7 Å². The predicted molar refractivity (Wildman–Crippen MR) is 99.7 cm³/mol. The zero-order valence-electron chi connectivity index (χ0n) is 16.0. The molecule has 1 aliphatic heterocycles. The molecule has 0 N–H and O–H groups in total. The molecule has 0 saturated heterocycles. The molecule has 6 nitrogen and oxygen atoms in total. The monoisotopic (exact) mass is 404 g/mol. The highest BCUT2D eigenvalue weighted by atomic mass is 19.4. The average molecular weight is 404 g/mol. The van der Waals surface area contributed by atoms with Crippen LogP contribution in [0.2, 0.25) is 0 Å². The maximum Gasteiger partial charge on any atom is 0.451 e. The zero-order chi connectivity index (χ0) is 20.6. The van der Waals surface area contributed by atoms with Crippen LogP contribution in [0.1, 0.15) is 22.6 Å². The van der Waals surface area contributed by atoms with Crippen LogP contribution in [0.3, 0.4) is 0 Å². The number of halogens is 3. The fourth-order valence-corrected chi connectivity index (χ4v) is 3.48. The van der Waals surface area contributed by atoms with Gasteiger partial charge in [0.15, 0.2) is 0 Å². The van der Waals surface area contributed by atoms with Gasteiger partial charge in [0, 0.05) is 54.8 Å². The molecule has 1 aliphatic rings. The van der Waals surface area contributed by atoms with Crippen molar-refractivity contribution in [3.8, 4) is 11.6 Å². The highest BCUT2D eigenvalue weighted by Crippen LogP contribution is 2.30. The Kier molecular flexibility index (Phi) is 4.99. The Bertz CT molecular complexity index is 1060. The molecule has 0 unspecified atom stereocenters. The minimum Gasteiger partial charge on any atom is -0.497 e. The number of alkyl halides is 3. The number of aromatic nitrogens is 3. The van der Waals surface area contributed by atoms with Gasteiger partial charge in [-0.05, 0) is 18.2 Å². The predicted octanol–water partition coefficient (Wildman–Crippen LogP) is 3.62. The van der Waals surface area contributed by atoms with E-state index in [4.69, 9.17) is 9.47 Å². The Hall–Kier alpha value is -2.94. The van der Waals surface area contributed by atoms with Gasteiger partial charge in [0.2, 0.25) is 11.7 Å². The molecule has 0 bridgehead atoms. The molecule has 0 amide bonds. The Morgan fingerprint density at radius 2 is 1.93 bits per heavy atom. The molecule has 2 aromatic heterocycles. The smallest absolute Gasteiger partial charge is 0.451 e. The maximum absolute atomic E-state index is 12.8. The molecule has 0 saturated carbocycles. The molecule has 1 aromatic carbocycles. The van der Waals surface area contributed by atoms with Gasteiger partial charge in [-0.2, -0.15) is 13.2 Å². The SMILES string of the molecule is COc1ccc2cc(CN3CCc4nc(C(F)(F)F)ncc4C3)c(OC)nc2c1. The summed E-state index contributed by atoms with van der Waals surface area (Å²) in [5.74, 6) is 0.145. The molecular formula is C20H19F3N4O2. The lowest BCUT2D eigenvalue weighted by molar-refractivity contribution is -0.145. The molecule has 4 rings (SSSR count). The molecule has 3 aromatic rings. The molecule has 29 heavy (non-hydrogen) atoms. The Labute approximate surface area is 165 Å². The van der Waals surface area contributed by atoms with Crippen LogP contribution in [0.25, 0.3) is 10.9 Å². The third-order valence-corrected chi connectivity index (χ3v) is 4.92. The number of hydrogen-bond donors (Lipinski definition) is 0. The number of hydrogen-bond acceptors (Lipinski definition) is 6. The summed E-state index contributed by atoms with van der Waals surface area (Å²) in [6, 6.07) is 7.66. The van der Waals surface area contributed by atoms with Gasteiger partial charge in [0.25, 0.3) is 0 Å². The molecule has 0 spiro atoms. The summed E-state index contributed by atoms with van der Waals surface area (Å²) in [5.41, 5.74) is 2.84. The first-order chi connectivity index (χ1) is 13.9. The summed E-state index contributed by atoms with van der Waals surface area (Å²) in [6.45, 7) is 1.61. The molecule has 3 heterocycles. The number of nitrogens with zero attached hydrogens (tertiary/aromatic N) is 4. The van der Waals surface area contributed by atoms with Crippen molar-refractivity contribution in [3.05, 3.63) is 53.1 Å². The maximum atomic E-state index is 12.8. The third kappa shape index (κ3) is 3.95. The molecule has 0 aliphatic carbocycles. The van der Waals surface area contributed by atoms with Crippen LogP contribution < -0.4 is 9.47 Å². The van der Waals surface area contributed by atoms with Crippen LogP contribution in [-0.2, 0) is 25.7 Å². The largest absolute Gasteiger partial charge is 0.497 e. The standard InChI is InChI=1S/C20H19F3N4O2/c1-28-15-4-3-12-7-13(18(29-2)25-17(12)8-15)10-27-6-5-16-14(11-27)9-24-19(26-16)20(21,22)23/h3-4,7-9H,5-6,10-11H2,1-2H3. The minimum atomic E-state index is -4.53. The summed E-state index contributed by atoms with van der Waals surface area (Å²) in [5, 5.41) is 0.956. The first-order valence-corrected chi connectivity index (χ1v) is 9.03. The van der Waals surface area contributed by atoms with Crippen molar-refractivity contribution in [2.24, 2.45) is 0 Å². The highest BCUT2D eigenvalue weighted by Gasteiger charge is 2.35. The Balaban J connectivity index is 1.57. The number of benzene rings is 1. The number of pyridine rings is 1. The van der Waals surface area contributed by atoms with Crippen molar-refractivity contribution >= 4 is 10.9 Å². The van der Waals surface area contributed by atoms with Crippen molar-refractivity contribution < 1.29 is 22.6 Å². The number of ether oxygens (including phenoxy) is 2.